The summed E-state index contributed by atoms with van der Waals surface area (Å²) in [5, 5.41) is 8.63. The van der Waals surface area contributed by atoms with Gasteiger partial charge in [0.05, 0.1) is 9.75 Å². The number of amides is 1. The van der Waals surface area contributed by atoms with Crippen LogP contribution in [-0.4, -0.2) is 35.6 Å². The first-order valence-corrected chi connectivity index (χ1v) is 7.00. The van der Waals surface area contributed by atoms with Gasteiger partial charge in [-0.1, -0.05) is 24.7 Å². The zero-order chi connectivity index (χ0) is 13.0. The fourth-order valence-electron chi connectivity index (χ4n) is 2.28. The number of rotatable bonds is 2. The molecule has 1 aromatic rings. The van der Waals surface area contributed by atoms with E-state index in [1.54, 1.807) is 0 Å². The van der Waals surface area contributed by atoms with E-state index in [0.717, 1.165) is 22.6 Å². The van der Waals surface area contributed by atoms with Crippen LogP contribution in [0, 0.1) is 11.8 Å². The Hall–Kier alpha value is -1.31. The topological polar surface area (TPSA) is 40.5 Å². The van der Waals surface area contributed by atoms with E-state index in [0.29, 0.717) is 6.04 Å². The van der Waals surface area contributed by atoms with Crippen LogP contribution in [0.4, 0.5) is 0 Å². The van der Waals surface area contributed by atoms with Crippen molar-refractivity contribution < 1.29 is 9.90 Å². The van der Waals surface area contributed by atoms with Crippen LogP contribution in [-0.2, 0) is 0 Å². The molecule has 0 bridgehead atoms. The van der Waals surface area contributed by atoms with Crippen LogP contribution in [0.25, 0.3) is 0 Å². The molecule has 0 radical (unpaired) electrons. The Labute approximate surface area is 111 Å². The molecule has 96 valence electrons. The van der Waals surface area contributed by atoms with Crippen LogP contribution in [0.1, 0.15) is 40.2 Å². The maximum absolute atomic E-state index is 12.3. The van der Waals surface area contributed by atoms with Gasteiger partial charge in [-0.05, 0) is 25.0 Å². The normalized spacial score (nSPS) is 15.2. The van der Waals surface area contributed by atoms with Crippen molar-refractivity contribution in [1.29, 1.82) is 0 Å². The summed E-state index contributed by atoms with van der Waals surface area (Å²) >= 11 is 1.39. The van der Waals surface area contributed by atoms with Crippen molar-refractivity contribution in [1.82, 2.24) is 4.90 Å². The number of aliphatic hydroxyl groups excluding tert-OH is 1. The lowest BCUT2D eigenvalue weighted by Crippen LogP contribution is -2.34. The lowest BCUT2D eigenvalue weighted by atomic mass is 10.2. The highest BCUT2D eigenvalue weighted by atomic mass is 32.1. The fraction of sp³-hybridized carbons (Fsp3) is 0.500. The molecule has 1 fully saturated rings. The van der Waals surface area contributed by atoms with Crippen molar-refractivity contribution in [3.05, 3.63) is 21.9 Å². The Kier molecular flexibility index (Phi) is 4.40. The Balaban J connectivity index is 2.06. The third kappa shape index (κ3) is 2.92. The molecule has 0 unspecified atom stereocenters. The second kappa shape index (κ2) is 6.03. The zero-order valence-corrected chi connectivity index (χ0v) is 11.3. The first-order valence-electron chi connectivity index (χ1n) is 6.19. The number of nitrogens with zero attached hydrogens (tertiary/aromatic N) is 1. The SMILES string of the molecule is CN(C(=O)c1ccc(C#CCO)s1)C1CCCC1. The van der Waals surface area contributed by atoms with E-state index >= 15 is 0 Å². The van der Waals surface area contributed by atoms with Gasteiger partial charge in [-0.2, -0.15) is 0 Å². The molecule has 1 N–H and O–H groups in total. The molecule has 0 spiro atoms. The molecule has 3 nitrogen and oxygen atoms in total. The Morgan fingerprint density at radius 1 is 1.50 bits per heavy atom. The van der Waals surface area contributed by atoms with Crippen LogP contribution in [0.3, 0.4) is 0 Å². The highest BCUT2D eigenvalue weighted by molar-refractivity contribution is 7.14. The van der Waals surface area contributed by atoms with Gasteiger partial charge >= 0.3 is 0 Å². The smallest absolute Gasteiger partial charge is 0.263 e. The van der Waals surface area contributed by atoms with Crippen LogP contribution in [0.2, 0.25) is 0 Å². The van der Waals surface area contributed by atoms with E-state index in [9.17, 15) is 4.79 Å². The van der Waals surface area contributed by atoms with E-state index in [4.69, 9.17) is 5.11 Å². The number of carbonyl (C=O) groups is 1. The molecule has 2 rings (SSSR count). The first kappa shape index (κ1) is 13.1. The van der Waals surface area contributed by atoms with Crippen molar-refractivity contribution in [2.24, 2.45) is 0 Å². The quantitative estimate of drug-likeness (QED) is 0.830. The van der Waals surface area contributed by atoms with Gasteiger partial charge in [0, 0.05) is 13.1 Å². The summed E-state index contributed by atoms with van der Waals surface area (Å²) in [5.74, 6) is 5.51. The van der Waals surface area contributed by atoms with E-state index < -0.39 is 0 Å². The predicted octanol–water partition coefficient (Wildman–Crippen LogP) is 2.11. The van der Waals surface area contributed by atoms with Crippen LogP contribution in [0.5, 0.6) is 0 Å². The average molecular weight is 263 g/mol. The summed E-state index contributed by atoms with van der Waals surface area (Å²) in [5.41, 5.74) is 0. The van der Waals surface area contributed by atoms with Gasteiger partial charge in [-0.15, -0.1) is 11.3 Å². The Morgan fingerprint density at radius 3 is 2.89 bits per heavy atom. The van der Waals surface area contributed by atoms with Crippen molar-refractivity contribution in [2.45, 2.75) is 31.7 Å². The molecule has 1 saturated carbocycles. The van der Waals surface area contributed by atoms with Crippen molar-refractivity contribution >= 4 is 17.2 Å². The molecule has 0 aliphatic heterocycles. The minimum Gasteiger partial charge on any atom is -0.384 e. The lowest BCUT2D eigenvalue weighted by molar-refractivity contribution is 0.0740. The standard InChI is InChI=1S/C14H17NO2S/c1-15(11-5-2-3-6-11)14(17)13-9-8-12(18-13)7-4-10-16/h8-9,11,16H,2-3,5-6,10H2,1H3. The summed E-state index contributed by atoms with van der Waals surface area (Å²) in [6, 6.07) is 4.05. The number of aliphatic hydroxyl groups is 1. The molecule has 0 saturated heterocycles. The van der Waals surface area contributed by atoms with Gasteiger partial charge in [-0.25, -0.2) is 0 Å². The fourth-order valence-corrected chi connectivity index (χ4v) is 3.14. The van der Waals surface area contributed by atoms with E-state index in [-0.39, 0.29) is 12.5 Å². The molecule has 1 aliphatic carbocycles. The summed E-state index contributed by atoms with van der Waals surface area (Å²) in [6.45, 7) is -0.150. The summed E-state index contributed by atoms with van der Waals surface area (Å²) in [7, 11) is 1.89. The zero-order valence-electron chi connectivity index (χ0n) is 10.5. The van der Waals surface area contributed by atoms with Gasteiger partial charge in [0.25, 0.3) is 5.91 Å². The van der Waals surface area contributed by atoms with E-state index in [1.165, 1.54) is 24.2 Å². The monoisotopic (exact) mass is 263 g/mol. The Bertz CT molecular complexity index is 477. The van der Waals surface area contributed by atoms with Gasteiger partial charge in [0.2, 0.25) is 0 Å². The molecule has 4 heteroatoms. The maximum atomic E-state index is 12.3. The summed E-state index contributed by atoms with van der Waals surface area (Å²) in [6.07, 6.45) is 4.68. The van der Waals surface area contributed by atoms with Crippen LogP contribution in [0.15, 0.2) is 12.1 Å². The van der Waals surface area contributed by atoms with Gasteiger partial charge in [0.15, 0.2) is 0 Å². The van der Waals surface area contributed by atoms with Gasteiger partial charge < -0.3 is 10.0 Å². The molecule has 1 aliphatic rings. The maximum Gasteiger partial charge on any atom is 0.263 e. The Morgan fingerprint density at radius 2 is 2.22 bits per heavy atom. The number of carbonyl (C=O) groups excluding carboxylic acids is 1. The van der Waals surface area contributed by atoms with Crippen molar-refractivity contribution in [3.8, 4) is 11.8 Å². The largest absolute Gasteiger partial charge is 0.384 e. The third-order valence-electron chi connectivity index (χ3n) is 3.30. The second-order valence-electron chi connectivity index (χ2n) is 4.48. The number of thiophene rings is 1. The highest BCUT2D eigenvalue weighted by Crippen LogP contribution is 2.25. The number of hydrogen-bond donors (Lipinski definition) is 1. The summed E-state index contributed by atoms with van der Waals surface area (Å²) < 4.78 is 0. The molecular formula is C14H17NO2S. The molecule has 1 heterocycles. The molecule has 1 amide bonds. The molecule has 0 aromatic carbocycles. The highest BCUT2D eigenvalue weighted by Gasteiger charge is 2.24. The summed E-state index contributed by atoms with van der Waals surface area (Å²) in [4.78, 5) is 15.7. The van der Waals surface area contributed by atoms with Crippen molar-refractivity contribution in [2.75, 3.05) is 13.7 Å². The third-order valence-corrected chi connectivity index (χ3v) is 4.29. The number of hydrogen-bond acceptors (Lipinski definition) is 3. The average Bonchev–Trinajstić information content (AvgIpc) is 3.05. The lowest BCUT2D eigenvalue weighted by Gasteiger charge is -2.23. The molecule has 0 atom stereocenters. The van der Waals surface area contributed by atoms with Gasteiger partial charge in [0.1, 0.15) is 6.61 Å². The van der Waals surface area contributed by atoms with Crippen LogP contribution >= 0.6 is 11.3 Å². The molecule has 1 aromatic heterocycles. The second-order valence-corrected chi connectivity index (χ2v) is 5.56. The van der Waals surface area contributed by atoms with E-state index in [1.807, 2.05) is 24.1 Å². The van der Waals surface area contributed by atoms with Crippen LogP contribution < -0.4 is 0 Å². The minimum atomic E-state index is -0.150. The minimum absolute atomic E-state index is 0.0870. The molecular weight excluding hydrogens is 246 g/mol. The predicted molar refractivity (Wildman–Crippen MR) is 72.6 cm³/mol. The first-order chi connectivity index (χ1) is 8.72. The van der Waals surface area contributed by atoms with Gasteiger partial charge in [-0.3, -0.25) is 4.79 Å². The van der Waals surface area contributed by atoms with Crippen molar-refractivity contribution in [3.63, 3.8) is 0 Å². The molecule has 18 heavy (non-hydrogen) atoms. The van der Waals surface area contributed by atoms with E-state index in [2.05, 4.69) is 11.8 Å².